The number of rotatable bonds is 18. The molecule has 0 aliphatic carbocycles. The maximum absolute atomic E-state index is 12.0. The van der Waals surface area contributed by atoms with Gasteiger partial charge in [-0.1, -0.05) is 121 Å². The summed E-state index contributed by atoms with van der Waals surface area (Å²) in [5.74, 6) is -0.181. The van der Waals surface area contributed by atoms with Crippen molar-refractivity contribution in [2.24, 2.45) is 0 Å². The number of hydrogen-bond donors (Lipinski definition) is 0. The van der Waals surface area contributed by atoms with E-state index in [9.17, 15) is 4.79 Å². The zero-order valence-corrected chi connectivity index (χ0v) is 18.6. The Kier molecular flexibility index (Phi) is 15.7. The number of esters is 1. The van der Waals surface area contributed by atoms with Crippen LogP contribution in [0.25, 0.3) is 0 Å². The highest BCUT2D eigenvalue weighted by molar-refractivity contribution is 5.90. The van der Waals surface area contributed by atoms with Gasteiger partial charge < -0.3 is 4.74 Å². The largest absolute Gasteiger partial charge is 0.462 e. The Balaban J connectivity index is 1.80. The fourth-order valence-electron chi connectivity index (χ4n) is 3.69. The van der Waals surface area contributed by atoms with E-state index in [-0.39, 0.29) is 5.97 Å². The van der Waals surface area contributed by atoms with Gasteiger partial charge in [0.05, 0.1) is 12.2 Å². The van der Waals surface area contributed by atoms with Gasteiger partial charge in [0, 0.05) is 0 Å². The van der Waals surface area contributed by atoms with E-state index in [0.717, 1.165) is 12.0 Å². The Hall–Kier alpha value is -1.31. The smallest absolute Gasteiger partial charge is 0.338 e. The van der Waals surface area contributed by atoms with Crippen LogP contribution in [0.15, 0.2) is 24.3 Å². The maximum atomic E-state index is 12.0. The quantitative estimate of drug-likeness (QED) is 0.186. The molecule has 0 saturated heterocycles. The second kappa shape index (κ2) is 17.8. The topological polar surface area (TPSA) is 26.3 Å². The zero-order valence-electron chi connectivity index (χ0n) is 18.6. The molecule has 0 spiro atoms. The van der Waals surface area contributed by atoms with Crippen LogP contribution in [0.3, 0.4) is 0 Å². The van der Waals surface area contributed by atoms with Crippen LogP contribution in [0.5, 0.6) is 0 Å². The van der Waals surface area contributed by atoms with Crippen molar-refractivity contribution in [3.8, 4) is 0 Å². The molecular formula is C26H44O2. The van der Waals surface area contributed by atoms with Crippen LogP contribution in [0.4, 0.5) is 0 Å². The van der Waals surface area contributed by atoms with Crippen LogP contribution in [-0.4, -0.2) is 12.6 Å². The highest BCUT2D eigenvalue weighted by atomic mass is 16.5. The molecular weight excluding hydrogens is 344 g/mol. The van der Waals surface area contributed by atoms with E-state index in [1.54, 1.807) is 0 Å². The van der Waals surface area contributed by atoms with Gasteiger partial charge in [-0.3, -0.25) is 0 Å². The molecule has 0 aliphatic rings. The molecule has 0 aliphatic heterocycles. The first-order valence-corrected chi connectivity index (χ1v) is 12.0. The predicted octanol–water partition coefficient (Wildman–Crippen LogP) is 8.41. The van der Waals surface area contributed by atoms with Crippen LogP contribution >= 0.6 is 0 Å². The molecule has 2 heteroatoms. The molecule has 1 rings (SSSR count). The van der Waals surface area contributed by atoms with E-state index < -0.39 is 0 Å². The van der Waals surface area contributed by atoms with E-state index in [1.165, 1.54) is 96.3 Å². The third kappa shape index (κ3) is 13.0. The number of benzene rings is 1. The fraction of sp³-hybridized carbons (Fsp3) is 0.731. The summed E-state index contributed by atoms with van der Waals surface area (Å²) in [4.78, 5) is 12.0. The molecule has 0 aromatic heterocycles. The first kappa shape index (κ1) is 24.7. The molecule has 1 aromatic rings. The van der Waals surface area contributed by atoms with Crippen LogP contribution < -0.4 is 0 Å². The molecule has 0 atom stereocenters. The summed E-state index contributed by atoms with van der Waals surface area (Å²) in [5, 5.41) is 0. The molecule has 2 nitrogen and oxygen atoms in total. The highest BCUT2D eigenvalue weighted by Gasteiger charge is 2.08. The number of carbonyl (C=O) groups excluding carboxylic acids is 1. The molecule has 0 bridgehead atoms. The van der Waals surface area contributed by atoms with E-state index in [0.29, 0.717) is 12.2 Å². The summed E-state index contributed by atoms with van der Waals surface area (Å²) in [6.07, 6.45) is 21.7. The Labute approximate surface area is 174 Å². The summed E-state index contributed by atoms with van der Waals surface area (Å²) < 4.78 is 5.39. The van der Waals surface area contributed by atoms with Crippen molar-refractivity contribution in [3.05, 3.63) is 35.4 Å². The maximum Gasteiger partial charge on any atom is 0.338 e. The minimum absolute atomic E-state index is 0.181. The van der Waals surface area contributed by atoms with Gasteiger partial charge >= 0.3 is 5.97 Å². The van der Waals surface area contributed by atoms with Crippen LogP contribution in [0.1, 0.15) is 126 Å². The van der Waals surface area contributed by atoms with Crippen molar-refractivity contribution in [1.29, 1.82) is 0 Å². The molecule has 0 amide bonds. The normalized spacial score (nSPS) is 10.9. The van der Waals surface area contributed by atoms with Crippen molar-refractivity contribution >= 4 is 5.97 Å². The molecule has 0 fully saturated rings. The lowest BCUT2D eigenvalue weighted by atomic mass is 10.0. The van der Waals surface area contributed by atoms with Gasteiger partial charge in [-0.2, -0.15) is 0 Å². The third-order valence-electron chi connectivity index (χ3n) is 5.60. The van der Waals surface area contributed by atoms with Crippen molar-refractivity contribution in [2.45, 2.75) is 117 Å². The minimum atomic E-state index is -0.181. The molecule has 160 valence electrons. The van der Waals surface area contributed by atoms with Crippen LogP contribution in [-0.2, 0) is 4.74 Å². The van der Waals surface area contributed by atoms with Gasteiger partial charge in [0.25, 0.3) is 0 Å². The van der Waals surface area contributed by atoms with Gasteiger partial charge in [0.1, 0.15) is 0 Å². The van der Waals surface area contributed by atoms with Crippen LogP contribution in [0.2, 0.25) is 0 Å². The standard InChI is InChI=1S/C26H44O2/c1-3-4-5-6-7-8-9-10-11-12-13-14-15-16-17-20-23-28-26(27)25-22-19-18-21-24(25)2/h18-19,21-22H,3-17,20,23H2,1-2H3. The fourth-order valence-corrected chi connectivity index (χ4v) is 3.69. The van der Waals surface area contributed by atoms with Gasteiger partial charge in [-0.05, 0) is 25.0 Å². The van der Waals surface area contributed by atoms with Crippen LogP contribution in [0, 0.1) is 6.92 Å². The van der Waals surface area contributed by atoms with Gasteiger partial charge in [0.2, 0.25) is 0 Å². The van der Waals surface area contributed by atoms with Crippen molar-refractivity contribution < 1.29 is 9.53 Å². The molecule has 0 heterocycles. The second-order valence-corrected chi connectivity index (χ2v) is 8.25. The zero-order chi connectivity index (χ0) is 20.3. The minimum Gasteiger partial charge on any atom is -0.462 e. The number of hydrogen-bond acceptors (Lipinski definition) is 2. The van der Waals surface area contributed by atoms with Gasteiger partial charge in [-0.15, -0.1) is 0 Å². The average Bonchev–Trinajstić information content (AvgIpc) is 2.70. The Bertz CT molecular complexity index is 495. The molecule has 1 aromatic carbocycles. The summed E-state index contributed by atoms with van der Waals surface area (Å²) >= 11 is 0. The molecule has 0 radical (unpaired) electrons. The van der Waals surface area contributed by atoms with Gasteiger partial charge in [0.15, 0.2) is 0 Å². The molecule has 0 saturated carbocycles. The first-order valence-electron chi connectivity index (χ1n) is 12.0. The number of carbonyl (C=O) groups is 1. The molecule has 0 unspecified atom stereocenters. The van der Waals surface area contributed by atoms with Crippen molar-refractivity contribution in [1.82, 2.24) is 0 Å². The van der Waals surface area contributed by atoms with Gasteiger partial charge in [-0.25, -0.2) is 4.79 Å². The third-order valence-corrected chi connectivity index (χ3v) is 5.60. The lowest BCUT2D eigenvalue weighted by Gasteiger charge is -2.07. The Morgan fingerprint density at radius 2 is 1.11 bits per heavy atom. The number of unbranched alkanes of at least 4 members (excludes halogenated alkanes) is 15. The van der Waals surface area contributed by atoms with E-state index in [4.69, 9.17) is 4.74 Å². The Morgan fingerprint density at radius 1 is 0.679 bits per heavy atom. The first-order chi connectivity index (χ1) is 13.8. The lowest BCUT2D eigenvalue weighted by Crippen LogP contribution is -2.08. The predicted molar refractivity (Wildman–Crippen MR) is 121 cm³/mol. The van der Waals surface area contributed by atoms with E-state index in [2.05, 4.69) is 6.92 Å². The van der Waals surface area contributed by atoms with Crippen molar-refractivity contribution in [2.75, 3.05) is 6.61 Å². The second-order valence-electron chi connectivity index (χ2n) is 8.25. The number of ether oxygens (including phenoxy) is 1. The number of aryl methyl sites for hydroxylation is 1. The highest BCUT2D eigenvalue weighted by Crippen LogP contribution is 2.14. The molecule has 0 N–H and O–H groups in total. The summed E-state index contributed by atoms with van der Waals surface area (Å²) in [5.41, 5.74) is 1.68. The van der Waals surface area contributed by atoms with E-state index >= 15 is 0 Å². The monoisotopic (exact) mass is 388 g/mol. The molecule has 28 heavy (non-hydrogen) atoms. The summed E-state index contributed by atoms with van der Waals surface area (Å²) in [6, 6.07) is 7.62. The summed E-state index contributed by atoms with van der Waals surface area (Å²) in [6.45, 7) is 4.78. The Morgan fingerprint density at radius 3 is 1.57 bits per heavy atom. The van der Waals surface area contributed by atoms with Crippen molar-refractivity contribution in [3.63, 3.8) is 0 Å². The lowest BCUT2D eigenvalue weighted by molar-refractivity contribution is 0.0497. The SMILES string of the molecule is CCCCCCCCCCCCCCCCCCOC(=O)c1ccccc1C. The van der Waals surface area contributed by atoms with E-state index in [1.807, 2.05) is 31.2 Å². The average molecular weight is 389 g/mol. The summed E-state index contributed by atoms with van der Waals surface area (Å²) in [7, 11) is 0.